The van der Waals surface area contributed by atoms with E-state index >= 15 is 0 Å². The van der Waals surface area contributed by atoms with Crippen LogP contribution in [0.5, 0.6) is 0 Å². The van der Waals surface area contributed by atoms with Gasteiger partial charge in [-0.05, 0) is 28.7 Å². The lowest BCUT2D eigenvalue weighted by Gasteiger charge is -2.23. The number of benzene rings is 2. The Morgan fingerprint density at radius 3 is 2.05 bits per heavy atom. The van der Waals surface area contributed by atoms with Crippen molar-refractivity contribution in [2.24, 2.45) is 0 Å². The van der Waals surface area contributed by atoms with Crippen LogP contribution in [0.1, 0.15) is 35.6 Å². The van der Waals surface area contributed by atoms with Gasteiger partial charge in [0.1, 0.15) is 0 Å². The van der Waals surface area contributed by atoms with Crippen LogP contribution in [0.15, 0.2) is 48.5 Å². The third-order valence-corrected chi connectivity index (χ3v) is 4.11. The molecular formula is C18H20O. The third kappa shape index (κ3) is 2.31. The van der Waals surface area contributed by atoms with Crippen LogP contribution in [0.2, 0.25) is 0 Å². The van der Waals surface area contributed by atoms with E-state index in [4.69, 9.17) is 0 Å². The van der Waals surface area contributed by atoms with Gasteiger partial charge in [0.2, 0.25) is 0 Å². The van der Waals surface area contributed by atoms with E-state index in [0.717, 1.165) is 31.2 Å². The van der Waals surface area contributed by atoms with Crippen LogP contribution in [-0.4, -0.2) is 5.11 Å². The molecule has 0 saturated heterocycles. The second-order valence-corrected chi connectivity index (χ2v) is 5.60. The van der Waals surface area contributed by atoms with Crippen molar-refractivity contribution in [2.45, 2.75) is 38.2 Å². The highest BCUT2D eigenvalue weighted by Crippen LogP contribution is 2.37. The van der Waals surface area contributed by atoms with Gasteiger partial charge in [0, 0.05) is 12.8 Å². The van der Waals surface area contributed by atoms with Gasteiger partial charge < -0.3 is 5.11 Å². The highest BCUT2D eigenvalue weighted by Gasteiger charge is 2.36. The molecule has 0 atom stereocenters. The van der Waals surface area contributed by atoms with Crippen LogP contribution in [0.25, 0.3) is 0 Å². The molecule has 0 radical (unpaired) electrons. The van der Waals surface area contributed by atoms with Crippen molar-refractivity contribution in [3.8, 4) is 0 Å². The van der Waals surface area contributed by atoms with Gasteiger partial charge in [-0.3, -0.25) is 0 Å². The first-order chi connectivity index (χ1) is 9.21. The first-order valence-corrected chi connectivity index (χ1v) is 7.10. The molecule has 98 valence electrons. The number of rotatable bonds is 3. The monoisotopic (exact) mass is 252 g/mol. The summed E-state index contributed by atoms with van der Waals surface area (Å²) in [6.07, 6.45) is 3.74. The zero-order valence-corrected chi connectivity index (χ0v) is 11.4. The standard InChI is InChI=1S/C18H20O/c1-2-5-14-8-10-17(11-9-14)18(19)12-15-6-3-4-7-16(15)13-18/h3-4,6-11,19H,2,5,12-13H2,1H3. The molecule has 0 aromatic heterocycles. The molecule has 0 aliphatic heterocycles. The summed E-state index contributed by atoms with van der Waals surface area (Å²) in [6.45, 7) is 2.19. The summed E-state index contributed by atoms with van der Waals surface area (Å²) < 4.78 is 0. The second-order valence-electron chi connectivity index (χ2n) is 5.60. The predicted octanol–water partition coefficient (Wildman–Crippen LogP) is 3.63. The van der Waals surface area contributed by atoms with Crippen LogP contribution in [0, 0.1) is 0 Å². The zero-order chi connectivity index (χ0) is 13.3. The molecule has 0 heterocycles. The number of hydrogen-bond acceptors (Lipinski definition) is 1. The fourth-order valence-corrected chi connectivity index (χ4v) is 3.07. The normalized spacial score (nSPS) is 16.3. The maximum absolute atomic E-state index is 10.9. The Labute approximate surface area is 114 Å². The van der Waals surface area contributed by atoms with Crippen LogP contribution in [0.3, 0.4) is 0 Å². The minimum atomic E-state index is -0.714. The van der Waals surface area contributed by atoms with Gasteiger partial charge >= 0.3 is 0 Å². The van der Waals surface area contributed by atoms with E-state index < -0.39 is 5.60 Å². The summed E-state index contributed by atoms with van der Waals surface area (Å²) in [5.41, 5.74) is 4.24. The Bertz CT molecular complexity index is 543. The maximum Gasteiger partial charge on any atom is 0.0977 e. The molecule has 0 amide bonds. The first-order valence-electron chi connectivity index (χ1n) is 7.10. The smallest absolute Gasteiger partial charge is 0.0977 e. The van der Waals surface area contributed by atoms with Crippen LogP contribution >= 0.6 is 0 Å². The molecule has 1 nitrogen and oxygen atoms in total. The molecule has 1 N–H and O–H groups in total. The molecule has 0 unspecified atom stereocenters. The van der Waals surface area contributed by atoms with E-state index in [1.165, 1.54) is 16.7 Å². The predicted molar refractivity (Wildman–Crippen MR) is 78.2 cm³/mol. The topological polar surface area (TPSA) is 20.2 Å². The van der Waals surface area contributed by atoms with Crippen molar-refractivity contribution in [1.82, 2.24) is 0 Å². The summed E-state index contributed by atoms with van der Waals surface area (Å²) >= 11 is 0. The molecule has 1 aliphatic carbocycles. The van der Waals surface area contributed by atoms with E-state index in [2.05, 4.69) is 55.5 Å². The number of fused-ring (bicyclic) bond motifs is 1. The van der Waals surface area contributed by atoms with Gasteiger partial charge in [-0.2, -0.15) is 0 Å². The van der Waals surface area contributed by atoms with Crippen molar-refractivity contribution in [1.29, 1.82) is 0 Å². The lowest BCUT2D eigenvalue weighted by atomic mass is 9.90. The van der Waals surface area contributed by atoms with Crippen molar-refractivity contribution < 1.29 is 5.11 Å². The quantitative estimate of drug-likeness (QED) is 0.884. The van der Waals surface area contributed by atoms with Gasteiger partial charge in [0.15, 0.2) is 0 Å². The lowest BCUT2D eigenvalue weighted by molar-refractivity contribution is 0.0482. The molecule has 3 rings (SSSR count). The zero-order valence-electron chi connectivity index (χ0n) is 11.4. The van der Waals surface area contributed by atoms with Gasteiger partial charge in [0.05, 0.1) is 5.60 Å². The second kappa shape index (κ2) is 4.82. The van der Waals surface area contributed by atoms with Gasteiger partial charge in [-0.15, -0.1) is 0 Å². The summed E-state index contributed by atoms with van der Waals surface area (Å²) in [7, 11) is 0. The Morgan fingerprint density at radius 2 is 1.53 bits per heavy atom. The maximum atomic E-state index is 10.9. The molecule has 1 aliphatic rings. The molecule has 0 spiro atoms. The fraction of sp³-hybridized carbons (Fsp3) is 0.333. The van der Waals surface area contributed by atoms with Crippen LogP contribution < -0.4 is 0 Å². The fourth-order valence-electron chi connectivity index (χ4n) is 3.07. The van der Waals surface area contributed by atoms with E-state index in [0.29, 0.717) is 0 Å². The minimum absolute atomic E-state index is 0.714. The molecule has 1 heteroatoms. The van der Waals surface area contributed by atoms with Crippen molar-refractivity contribution >= 4 is 0 Å². The molecule has 0 saturated carbocycles. The Kier molecular flexibility index (Phi) is 3.16. The Hall–Kier alpha value is -1.60. The Morgan fingerprint density at radius 1 is 0.947 bits per heavy atom. The van der Waals surface area contributed by atoms with Crippen LogP contribution in [0.4, 0.5) is 0 Å². The molecule has 19 heavy (non-hydrogen) atoms. The van der Waals surface area contributed by atoms with E-state index in [1.807, 2.05) is 0 Å². The minimum Gasteiger partial charge on any atom is -0.384 e. The molecule has 0 fully saturated rings. The summed E-state index contributed by atoms with van der Waals surface area (Å²) in [4.78, 5) is 0. The average Bonchev–Trinajstić information content (AvgIpc) is 2.77. The van der Waals surface area contributed by atoms with Gasteiger partial charge in [-0.1, -0.05) is 61.9 Å². The SMILES string of the molecule is CCCc1ccc(C2(O)Cc3ccccc3C2)cc1. The highest BCUT2D eigenvalue weighted by molar-refractivity contribution is 5.40. The largest absolute Gasteiger partial charge is 0.384 e. The van der Waals surface area contributed by atoms with Gasteiger partial charge in [0.25, 0.3) is 0 Å². The molecule has 2 aromatic rings. The van der Waals surface area contributed by atoms with E-state index in [-0.39, 0.29) is 0 Å². The highest BCUT2D eigenvalue weighted by atomic mass is 16.3. The van der Waals surface area contributed by atoms with Crippen molar-refractivity contribution in [3.63, 3.8) is 0 Å². The lowest BCUT2D eigenvalue weighted by Crippen LogP contribution is -2.26. The number of aryl methyl sites for hydroxylation is 1. The molecular weight excluding hydrogens is 232 g/mol. The third-order valence-electron chi connectivity index (χ3n) is 4.11. The number of aliphatic hydroxyl groups is 1. The summed E-state index contributed by atoms with van der Waals surface area (Å²) in [5.74, 6) is 0. The molecule has 2 aromatic carbocycles. The van der Waals surface area contributed by atoms with Crippen molar-refractivity contribution in [2.75, 3.05) is 0 Å². The first kappa shape index (κ1) is 12.4. The average molecular weight is 252 g/mol. The number of hydrogen-bond donors (Lipinski definition) is 1. The van der Waals surface area contributed by atoms with E-state index in [1.54, 1.807) is 0 Å². The summed E-state index contributed by atoms with van der Waals surface area (Å²) in [6, 6.07) is 16.8. The van der Waals surface area contributed by atoms with E-state index in [9.17, 15) is 5.11 Å². The molecule has 0 bridgehead atoms. The van der Waals surface area contributed by atoms with Gasteiger partial charge in [-0.25, -0.2) is 0 Å². The van der Waals surface area contributed by atoms with Crippen LogP contribution in [-0.2, 0) is 24.9 Å². The Balaban J connectivity index is 1.87. The summed E-state index contributed by atoms with van der Waals surface area (Å²) in [5, 5.41) is 10.9. The van der Waals surface area contributed by atoms with Crippen molar-refractivity contribution in [3.05, 3.63) is 70.8 Å².